The number of hydrogen-bond donors (Lipinski definition) is 4. The van der Waals surface area contributed by atoms with Crippen molar-refractivity contribution in [2.75, 3.05) is 10.7 Å². The number of nitrogen functional groups attached to an aromatic ring is 1. The number of aromatic nitrogens is 1. The molecule has 0 aliphatic carbocycles. The van der Waals surface area contributed by atoms with Gasteiger partial charge in [-0.3, -0.25) is 4.79 Å². The first-order valence-corrected chi connectivity index (χ1v) is 4.12. The normalized spacial score (nSPS) is 11.9. The number of nitrogens with one attached hydrogen (secondary N) is 2. The second-order valence-electron chi connectivity index (χ2n) is 2.84. The van der Waals surface area contributed by atoms with Gasteiger partial charge in [-0.15, -0.1) is 0 Å². The third-order valence-electron chi connectivity index (χ3n) is 1.72. The molecule has 6 N–H and O–H groups in total. The van der Waals surface area contributed by atoms with Crippen LogP contribution in [0, 0.1) is 0 Å². The fourth-order valence-electron chi connectivity index (χ4n) is 0.920. The molecule has 0 radical (unpaired) electrons. The summed E-state index contributed by atoms with van der Waals surface area (Å²) in [5.41, 5.74) is 8.23. The van der Waals surface area contributed by atoms with Crippen molar-refractivity contribution in [1.82, 2.24) is 4.98 Å². The largest absolute Gasteiger partial charge is 0.374 e. The molecule has 1 amide bonds. The third kappa shape index (κ3) is 2.60. The summed E-state index contributed by atoms with van der Waals surface area (Å²) in [5.74, 6) is 5.28. The number of pyridine rings is 1. The van der Waals surface area contributed by atoms with Crippen LogP contribution in [0.5, 0.6) is 0 Å². The third-order valence-corrected chi connectivity index (χ3v) is 1.72. The fraction of sp³-hybridized carbons (Fsp3) is 0.250. The van der Waals surface area contributed by atoms with Crippen LogP contribution >= 0.6 is 0 Å². The molecule has 1 aromatic rings. The van der Waals surface area contributed by atoms with E-state index in [1.54, 1.807) is 25.3 Å². The zero-order valence-corrected chi connectivity index (χ0v) is 7.82. The first-order chi connectivity index (χ1) is 6.63. The van der Waals surface area contributed by atoms with E-state index in [2.05, 4.69) is 15.7 Å². The van der Waals surface area contributed by atoms with Gasteiger partial charge in [0.1, 0.15) is 11.9 Å². The van der Waals surface area contributed by atoms with E-state index in [0.29, 0.717) is 5.82 Å². The van der Waals surface area contributed by atoms with Gasteiger partial charge in [0, 0.05) is 18.0 Å². The van der Waals surface area contributed by atoms with E-state index in [4.69, 9.17) is 11.6 Å². The molecule has 0 aromatic carbocycles. The van der Waals surface area contributed by atoms with Crippen molar-refractivity contribution < 1.29 is 4.79 Å². The number of primary amides is 1. The summed E-state index contributed by atoms with van der Waals surface area (Å²) < 4.78 is 0. The maximum Gasteiger partial charge on any atom is 0.239 e. The highest BCUT2D eigenvalue weighted by molar-refractivity contribution is 5.82. The smallest absolute Gasteiger partial charge is 0.239 e. The van der Waals surface area contributed by atoms with Gasteiger partial charge in [0.25, 0.3) is 0 Å². The number of carbonyl (C=O) groups excluding carboxylic acids is 1. The molecule has 6 nitrogen and oxygen atoms in total. The van der Waals surface area contributed by atoms with Crippen LogP contribution in [0.4, 0.5) is 11.5 Å². The predicted molar refractivity (Wildman–Crippen MR) is 54.3 cm³/mol. The first kappa shape index (κ1) is 10.3. The molecule has 1 atom stereocenters. The Balaban J connectivity index is 2.71. The SMILES string of the molecule is CC(Nc1ccnc(NN)c1)C(N)=O. The predicted octanol–water partition coefficient (Wildman–Crippen LogP) is -0.347. The van der Waals surface area contributed by atoms with Crippen molar-refractivity contribution in [3.05, 3.63) is 18.3 Å². The van der Waals surface area contributed by atoms with Crippen molar-refractivity contribution in [2.24, 2.45) is 11.6 Å². The molecule has 0 saturated heterocycles. The molecule has 0 saturated carbocycles. The molecule has 0 fully saturated rings. The van der Waals surface area contributed by atoms with Crippen LogP contribution in [0.15, 0.2) is 18.3 Å². The lowest BCUT2D eigenvalue weighted by Gasteiger charge is -2.11. The number of amides is 1. The molecule has 0 spiro atoms. The molecule has 0 aliphatic heterocycles. The van der Waals surface area contributed by atoms with Crippen LogP contribution in [0.2, 0.25) is 0 Å². The Morgan fingerprint density at radius 1 is 1.64 bits per heavy atom. The second kappa shape index (κ2) is 4.43. The summed E-state index contributed by atoms with van der Waals surface area (Å²) in [6.45, 7) is 1.68. The average Bonchev–Trinajstić information content (AvgIpc) is 2.18. The lowest BCUT2D eigenvalue weighted by atomic mass is 10.3. The van der Waals surface area contributed by atoms with Crippen LogP contribution in [-0.4, -0.2) is 16.9 Å². The van der Waals surface area contributed by atoms with Crippen LogP contribution in [0.3, 0.4) is 0 Å². The highest BCUT2D eigenvalue weighted by atomic mass is 16.1. The molecule has 14 heavy (non-hydrogen) atoms. The zero-order chi connectivity index (χ0) is 10.6. The molecule has 1 rings (SSSR count). The molecule has 0 aliphatic rings. The Kier molecular flexibility index (Phi) is 3.24. The second-order valence-corrected chi connectivity index (χ2v) is 2.84. The van der Waals surface area contributed by atoms with Crippen molar-refractivity contribution in [2.45, 2.75) is 13.0 Å². The van der Waals surface area contributed by atoms with Crippen LogP contribution < -0.4 is 22.3 Å². The van der Waals surface area contributed by atoms with Gasteiger partial charge in [-0.05, 0) is 13.0 Å². The Morgan fingerprint density at radius 3 is 2.93 bits per heavy atom. The molecule has 0 bridgehead atoms. The minimum absolute atomic E-state index is 0.413. The summed E-state index contributed by atoms with van der Waals surface area (Å²) in [6, 6.07) is 2.97. The number of hydrazine groups is 1. The first-order valence-electron chi connectivity index (χ1n) is 4.12. The minimum atomic E-state index is -0.428. The standard InChI is InChI=1S/C8H13N5O/c1-5(8(9)14)12-6-2-3-11-7(4-6)13-10/h2-5H,10H2,1H3,(H2,9,14)(H2,11,12,13). The van der Waals surface area contributed by atoms with E-state index < -0.39 is 11.9 Å². The van der Waals surface area contributed by atoms with Gasteiger partial charge >= 0.3 is 0 Å². The van der Waals surface area contributed by atoms with Gasteiger partial charge in [0.15, 0.2) is 0 Å². The fourth-order valence-corrected chi connectivity index (χ4v) is 0.920. The molecular weight excluding hydrogens is 182 g/mol. The van der Waals surface area contributed by atoms with E-state index in [-0.39, 0.29) is 0 Å². The summed E-state index contributed by atoms with van der Waals surface area (Å²) in [4.78, 5) is 14.7. The van der Waals surface area contributed by atoms with Crippen LogP contribution in [-0.2, 0) is 4.79 Å². The van der Waals surface area contributed by atoms with Crippen molar-refractivity contribution >= 4 is 17.4 Å². The van der Waals surface area contributed by atoms with Crippen molar-refractivity contribution in [3.8, 4) is 0 Å². The van der Waals surface area contributed by atoms with E-state index in [1.165, 1.54) is 0 Å². The number of carbonyl (C=O) groups is 1. The molecule has 1 aromatic heterocycles. The van der Waals surface area contributed by atoms with Gasteiger partial charge in [-0.25, -0.2) is 10.8 Å². The van der Waals surface area contributed by atoms with Crippen molar-refractivity contribution in [1.29, 1.82) is 0 Å². The van der Waals surface area contributed by atoms with Gasteiger partial charge in [-0.2, -0.15) is 0 Å². The molecule has 6 heteroatoms. The summed E-state index contributed by atoms with van der Waals surface area (Å²) in [7, 11) is 0. The Bertz CT molecular complexity index is 327. The topological polar surface area (TPSA) is 106 Å². The minimum Gasteiger partial charge on any atom is -0.374 e. The maximum absolute atomic E-state index is 10.8. The van der Waals surface area contributed by atoms with E-state index in [9.17, 15) is 4.79 Å². The Hall–Kier alpha value is -1.82. The molecule has 1 heterocycles. The Morgan fingerprint density at radius 2 is 2.36 bits per heavy atom. The highest BCUT2D eigenvalue weighted by Crippen LogP contribution is 2.11. The van der Waals surface area contributed by atoms with Crippen LogP contribution in [0.1, 0.15) is 6.92 Å². The number of hydrogen-bond acceptors (Lipinski definition) is 5. The van der Waals surface area contributed by atoms with Crippen molar-refractivity contribution in [3.63, 3.8) is 0 Å². The average molecular weight is 195 g/mol. The van der Waals surface area contributed by atoms with Crippen LogP contribution in [0.25, 0.3) is 0 Å². The van der Waals surface area contributed by atoms with E-state index in [1.807, 2.05) is 0 Å². The summed E-state index contributed by atoms with van der Waals surface area (Å²) >= 11 is 0. The molecular formula is C8H13N5O. The van der Waals surface area contributed by atoms with Gasteiger partial charge in [0.2, 0.25) is 5.91 Å². The lowest BCUT2D eigenvalue weighted by Crippen LogP contribution is -2.32. The highest BCUT2D eigenvalue weighted by Gasteiger charge is 2.07. The Labute approximate surface area is 81.7 Å². The van der Waals surface area contributed by atoms with E-state index >= 15 is 0 Å². The summed E-state index contributed by atoms with van der Waals surface area (Å²) in [6.07, 6.45) is 1.57. The number of nitrogens with two attached hydrogens (primary N) is 2. The lowest BCUT2D eigenvalue weighted by molar-refractivity contribution is -0.118. The molecule has 76 valence electrons. The monoisotopic (exact) mass is 195 g/mol. The maximum atomic E-state index is 10.8. The number of nitrogens with zero attached hydrogens (tertiary/aromatic N) is 1. The quantitative estimate of drug-likeness (QED) is 0.388. The van der Waals surface area contributed by atoms with Gasteiger partial charge in [-0.1, -0.05) is 0 Å². The number of rotatable bonds is 4. The van der Waals surface area contributed by atoms with Gasteiger partial charge in [0.05, 0.1) is 0 Å². The summed E-state index contributed by atoms with van der Waals surface area (Å²) in [5, 5.41) is 2.91. The number of anilines is 2. The van der Waals surface area contributed by atoms with E-state index in [0.717, 1.165) is 5.69 Å². The van der Waals surface area contributed by atoms with Gasteiger partial charge < -0.3 is 16.5 Å². The zero-order valence-electron chi connectivity index (χ0n) is 7.82. The molecule has 1 unspecified atom stereocenters.